The van der Waals surface area contributed by atoms with Gasteiger partial charge in [-0.1, -0.05) is 0 Å². The average molecular weight is 360 g/mol. The number of rotatable bonds is 10. The molecule has 1 amide bonds. The van der Waals surface area contributed by atoms with Crippen LogP contribution in [0.5, 0.6) is 0 Å². The molecule has 0 fully saturated rings. The van der Waals surface area contributed by atoms with Crippen LogP contribution in [0.4, 0.5) is 0 Å². The fourth-order valence-corrected chi connectivity index (χ4v) is 2.72. The number of benzene rings is 1. The Morgan fingerprint density at radius 1 is 1.21 bits per heavy atom. The van der Waals surface area contributed by atoms with Gasteiger partial charge in [0.25, 0.3) is 5.91 Å². The molecule has 0 saturated heterocycles. The molecule has 1 rings (SSSR count). The SMILES string of the molecule is COCCNS(=O)(=O)c1ccc(C(=O)NCC(OC)C(=O)O)cc1. The van der Waals surface area contributed by atoms with Crippen LogP contribution in [0.3, 0.4) is 0 Å². The largest absolute Gasteiger partial charge is 0.479 e. The van der Waals surface area contributed by atoms with E-state index < -0.39 is 28.0 Å². The number of sulfonamides is 1. The van der Waals surface area contributed by atoms with Crippen LogP contribution in [0.2, 0.25) is 0 Å². The number of ether oxygens (including phenoxy) is 2. The Hall–Kier alpha value is -2.01. The number of carbonyl (C=O) groups excluding carboxylic acids is 1. The number of carbonyl (C=O) groups is 2. The van der Waals surface area contributed by atoms with Gasteiger partial charge < -0.3 is 19.9 Å². The lowest BCUT2D eigenvalue weighted by Gasteiger charge is -2.12. The zero-order chi connectivity index (χ0) is 18.2. The first-order valence-corrected chi connectivity index (χ1v) is 8.42. The molecule has 0 bridgehead atoms. The highest BCUT2D eigenvalue weighted by atomic mass is 32.2. The Kier molecular flexibility index (Phi) is 7.79. The van der Waals surface area contributed by atoms with Gasteiger partial charge >= 0.3 is 5.97 Å². The molecule has 1 aromatic carbocycles. The van der Waals surface area contributed by atoms with Crippen molar-refractivity contribution in [1.29, 1.82) is 0 Å². The zero-order valence-electron chi connectivity index (χ0n) is 13.3. The van der Waals surface area contributed by atoms with Gasteiger partial charge in [-0.2, -0.15) is 0 Å². The Morgan fingerprint density at radius 2 is 1.83 bits per heavy atom. The van der Waals surface area contributed by atoms with Gasteiger partial charge in [0, 0.05) is 26.3 Å². The van der Waals surface area contributed by atoms with E-state index in [1.165, 1.54) is 38.5 Å². The van der Waals surface area contributed by atoms with E-state index in [2.05, 4.69) is 10.0 Å². The van der Waals surface area contributed by atoms with Crippen molar-refractivity contribution in [2.45, 2.75) is 11.0 Å². The van der Waals surface area contributed by atoms with Crippen LogP contribution in [0.15, 0.2) is 29.2 Å². The molecule has 0 aliphatic rings. The highest BCUT2D eigenvalue weighted by molar-refractivity contribution is 7.89. The highest BCUT2D eigenvalue weighted by Gasteiger charge is 2.18. The predicted octanol–water partition coefficient (Wildman–Crippen LogP) is -0.559. The quantitative estimate of drug-likeness (QED) is 0.477. The summed E-state index contributed by atoms with van der Waals surface area (Å²) in [7, 11) is -0.993. The van der Waals surface area contributed by atoms with Gasteiger partial charge in [0.1, 0.15) is 0 Å². The number of hydrogen-bond acceptors (Lipinski definition) is 6. The summed E-state index contributed by atoms with van der Waals surface area (Å²) in [5, 5.41) is 11.2. The maximum atomic E-state index is 12.0. The smallest absolute Gasteiger partial charge is 0.334 e. The van der Waals surface area contributed by atoms with Crippen molar-refractivity contribution < 1.29 is 32.6 Å². The van der Waals surface area contributed by atoms with E-state index in [0.29, 0.717) is 0 Å². The molecule has 0 spiro atoms. The molecule has 0 radical (unpaired) electrons. The molecule has 1 unspecified atom stereocenters. The second-order valence-corrected chi connectivity index (χ2v) is 6.45. The van der Waals surface area contributed by atoms with Crippen molar-refractivity contribution in [2.24, 2.45) is 0 Å². The first-order chi connectivity index (χ1) is 11.3. The summed E-state index contributed by atoms with van der Waals surface area (Å²) >= 11 is 0. The van der Waals surface area contributed by atoms with E-state index in [-0.39, 0.29) is 30.2 Å². The fourth-order valence-electron chi connectivity index (χ4n) is 1.71. The summed E-state index contributed by atoms with van der Waals surface area (Å²) in [6, 6.07) is 5.25. The second kappa shape index (κ2) is 9.33. The molecule has 0 saturated carbocycles. The molecule has 0 heterocycles. The van der Waals surface area contributed by atoms with Gasteiger partial charge in [-0.25, -0.2) is 17.9 Å². The Morgan fingerprint density at radius 3 is 2.33 bits per heavy atom. The van der Waals surface area contributed by atoms with E-state index in [0.717, 1.165) is 0 Å². The number of amides is 1. The van der Waals surface area contributed by atoms with Gasteiger partial charge in [-0.05, 0) is 24.3 Å². The summed E-state index contributed by atoms with van der Waals surface area (Å²) in [5.74, 6) is -1.73. The lowest BCUT2D eigenvalue weighted by molar-refractivity contribution is -0.148. The molecular formula is C14H20N2O7S. The summed E-state index contributed by atoms with van der Waals surface area (Å²) in [4.78, 5) is 22.7. The van der Waals surface area contributed by atoms with Crippen molar-refractivity contribution in [2.75, 3.05) is 33.9 Å². The minimum atomic E-state index is -3.68. The van der Waals surface area contributed by atoms with Crippen molar-refractivity contribution in [3.8, 4) is 0 Å². The van der Waals surface area contributed by atoms with Crippen LogP contribution in [0.1, 0.15) is 10.4 Å². The monoisotopic (exact) mass is 360 g/mol. The van der Waals surface area contributed by atoms with Crippen LogP contribution in [-0.2, 0) is 24.3 Å². The van der Waals surface area contributed by atoms with Gasteiger partial charge in [0.15, 0.2) is 6.10 Å². The summed E-state index contributed by atoms with van der Waals surface area (Å²) in [6.07, 6.45) is -1.15. The molecule has 3 N–H and O–H groups in total. The van der Waals surface area contributed by atoms with Crippen LogP contribution >= 0.6 is 0 Å². The number of aliphatic carboxylic acids is 1. The molecule has 0 aliphatic heterocycles. The van der Waals surface area contributed by atoms with Crippen LogP contribution in [-0.4, -0.2) is 65.4 Å². The Labute approximate surface area is 140 Å². The van der Waals surface area contributed by atoms with Crippen LogP contribution in [0.25, 0.3) is 0 Å². The first-order valence-electron chi connectivity index (χ1n) is 6.94. The molecule has 0 aliphatic carbocycles. The predicted molar refractivity (Wildman–Crippen MR) is 84.3 cm³/mol. The summed E-state index contributed by atoms with van der Waals surface area (Å²) in [6.45, 7) is 0.169. The number of methoxy groups -OCH3 is 2. The van der Waals surface area contributed by atoms with E-state index in [4.69, 9.17) is 14.6 Å². The number of nitrogens with one attached hydrogen (secondary N) is 2. The maximum absolute atomic E-state index is 12.0. The van der Waals surface area contributed by atoms with E-state index in [9.17, 15) is 18.0 Å². The molecule has 1 aromatic rings. The standard InChI is InChI=1S/C14H20N2O7S/c1-22-8-7-16-24(20,21)11-5-3-10(4-6-11)13(17)15-9-12(23-2)14(18)19/h3-6,12,16H,7-9H2,1-2H3,(H,15,17)(H,18,19). The van der Waals surface area contributed by atoms with Crippen molar-refractivity contribution in [3.63, 3.8) is 0 Å². The summed E-state index contributed by atoms with van der Waals surface area (Å²) in [5.41, 5.74) is 0.200. The van der Waals surface area contributed by atoms with Gasteiger partial charge in [-0.15, -0.1) is 0 Å². The maximum Gasteiger partial charge on any atom is 0.334 e. The number of carboxylic acid groups (broad SMARTS) is 1. The molecule has 1 atom stereocenters. The van der Waals surface area contributed by atoms with Crippen molar-refractivity contribution in [1.82, 2.24) is 10.0 Å². The molecule has 24 heavy (non-hydrogen) atoms. The van der Waals surface area contributed by atoms with Gasteiger partial charge in [-0.3, -0.25) is 4.79 Å². The van der Waals surface area contributed by atoms with E-state index in [1.54, 1.807) is 0 Å². The lowest BCUT2D eigenvalue weighted by atomic mass is 10.2. The van der Waals surface area contributed by atoms with Crippen molar-refractivity contribution >= 4 is 21.9 Å². The third kappa shape index (κ3) is 5.89. The van der Waals surface area contributed by atoms with Crippen LogP contribution < -0.4 is 10.0 Å². The highest BCUT2D eigenvalue weighted by Crippen LogP contribution is 2.10. The second-order valence-electron chi connectivity index (χ2n) is 4.69. The molecular weight excluding hydrogens is 340 g/mol. The Bertz CT molecular complexity index is 658. The zero-order valence-corrected chi connectivity index (χ0v) is 14.1. The van der Waals surface area contributed by atoms with Gasteiger partial charge in [0.2, 0.25) is 10.0 Å². The van der Waals surface area contributed by atoms with E-state index in [1.807, 2.05) is 0 Å². The minimum Gasteiger partial charge on any atom is -0.479 e. The molecule has 9 nitrogen and oxygen atoms in total. The third-order valence-electron chi connectivity index (χ3n) is 3.03. The van der Waals surface area contributed by atoms with Gasteiger partial charge in [0.05, 0.1) is 18.0 Å². The minimum absolute atomic E-state index is 0.00968. The van der Waals surface area contributed by atoms with Crippen molar-refractivity contribution in [3.05, 3.63) is 29.8 Å². The molecule has 0 aromatic heterocycles. The van der Waals surface area contributed by atoms with E-state index >= 15 is 0 Å². The topological polar surface area (TPSA) is 131 Å². The van der Waals surface area contributed by atoms with Crippen LogP contribution in [0, 0.1) is 0 Å². The fraction of sp³-hybridized carbons (Fsp3) is 0.429. The first kappa shape index (κ1) is 20.0. The number of carboxylic acids is 1. The molecule has 10 heteroatoms. The Balaban J connectivity index is 2.69. The normalized spacial score (nSPS) is 12.6. The third-order valence-corrected chi connectivity index (χ3v) is 4.51. The molecule has 134 valence electrons. The average Bonchev–Trinajstić information content (AvgIpc) is 2.55. The lowest BCUT2D eigenvalue weighted by Crippen LogP contribution is -2.37. The summed E-state index contributed by atoms with van der Waals surface area (Å²) < 4.78 is 35.7. The number of hydrogen-bond donors (Lipinski definition) is 3.